The van der Waals surface area contributed by atoms with Crippen molar-refractivity contribution >= 4 is 34.1 Å². The van der Waals surface area contributed by atoms with E-state index in [1.807, 2.05) is 54.6 Å². The van der Waals surface area contributed by atoms with Gasteiger partial charge in [0, 0.05) is 22.3 Å². The Morgan fingerprint density at radius 2 is 1.91 bits per heavy atom. The second kappa shape index (κ2) is 9.04. The van der Waals surface area contributed by atoms with Crippen molar-refractivity contribution < 1.29 is 9.21 Å². The van der Waals surface area contributed by atoms with Gasteiger partial charge in [0.05, 0.1) is 18.6 Å². The Hall–Kier alpha value is -3.32. The third-order valence-corrected chi connectivity index (χ3v) is 6.77. The number of rotatable bonds is 6. The van der Waals surface area contributed by atoms with Crippen molar-refractivity contribution in [2.45, 2.75) is 37.3 Å². The summed E-state index contributed by atoms with van der Waals surface area (Å²) in [5.41, 5.74) is 2.60. The predicted molar refractivity (Wildman–Crippen MR) is 126 cm³/mol. The summed E-state index contributed by atoms with van der Waals surface area (Å²) in [6, 6.07) is 17.5. The molecule has 0 radical (unpaired) electrons. The zero-order valence-electron chi connectivity index (χ0n) is 17.5. The number of anilines is 1. The lowest BCUT2D eigenvalue weighted by Gasteiger charge is -2.22. The number of carbonyl (C=O) groups excluding carboxylic acids is 1. The van der Waals surface area contributed by atoms with Crippen LogP contribution in [0.25, 0.3) is 10.8 Å². The van der Waals surface area contributed by atoms with Crippen LogP contribution in [0.15, 0.2) is 75.1 Å². The largest absolute Gasteiger partial charge is 0.467 e. The molecule has 2 heterocycles. The predicted octanol–water partition coefficient (Wildman–Crippen LogP) is 4.65. The van der Waals surface area contributed by atoms with Gasteiger partial charge in [0.15, 0.2) is 0 Å². The van der Waals surface area contributed by atoms with Crippen LogP contribution in [0.5, 0.6) is 0 Å². The van der Waals surface area contributed by atoms with E-state index < -0.39 is 0 Å². The van der Waals surface area contributed by atoms with Crippen molar-refractivity contribution in [3.05, 3.63) is 88.4 Å². The summed E-state index contributed by atoms with van der Waals surface area (Å²) in [5, 5.41) is 5.76. The topological polar surface area (TPSA) is 77.1 Å². The molecular formula is C25H23N3O3S. The lowest BCUT2D eigenvalue weighted by Crippen LogP contribution is -2.30. The molecule has 5 rings (SSSR count). The number of benzene rings is 2. The molecule has 162 valence electrons. The highest BCUT2D eigenvalue weighted by Gasteiger charge is 2.21. The number of carbonyl (C=O) groups is 1. The first kappa shape index (κ1) is 20.6. The van der Waals surface area contributed by atoms with Gasteiger partial charge < -0.3 is 9.73 Å². The molecule has 0 spiro atoms. The van der Waals surface area contributed by atoms with Gasteiger partial charge in [0.1, 0.15) is 10.8 Å². The van der Waals surface area contributed by atoms with Crippen LogP contribution in [0.4, 0.5) is 5.69 Å². The summed E-state index contributed by atoms with van der Waals surface area (Å²) in [4.78, 5) is 29.9. The van der Waals surface area contributed by atoms with Crippen molar-refractivity contribution in [3.8, 4) is 0 Å². The molecule has 0 saturated carbocycles. The van der Waals surface area contributed by atoms with E-state index in [2.05, 4.69) is 10.3 Å². The zero-order chi connectivity index (χ0) is 21.9. The highest BCUT2D eigenvalue weighted by Crippen LogP contribution is 2.29. The number of fused-ring (bicyclic) bond motifs is 2. The Labute approximate surface area is 189 Å². The van der Waals surface area contributed by atoms with E-state index in [0.717, 1.165) is 59.2 Å². The molecule has 4 aromatic rings. The van der Waals surface area contributed by atoms with Crippen LogP contribution in [0.3, 0.4) is 0 Å². The Kier molecular flexibility index (Phi) is 5.81. The highest BCUT2D eigenvalue weighted by atomic mass is 32.2. The minimum Gasteiger partial charge on any atom is -0.467 e. The number of amides is 1. The van der Waals surface area contributed by atoms with Crippen molar-refractivity contribution in [1.29, 1.82) is 0 Å². The molecule has 0 saturated heterocycles. The molecule has 1 N–H and O–H groups in total. The molecule has 1 aliphatic rings. The van der Waals surface area contributed by atoms with Crippen LogP contribution >= 0.6 is 11.8 Å². The number of furan rings is 1. The normalized spacial score (nSPS) is 13.1. The van der Waals surface area contributed by atoms with Crippen LogP contribution in [-0.4, -0.2) is 21.2 Å². The number of thioether (sulfide) groups is 1. The molecule has 1 amide bonds. The second-order valence-electron chi connectivity index (χ2n) is 7.86. The van der Waals surface area contributed by atoms with Crippen LogP contribution in [0, 0.1) is 0 Å². The Morgan fingerprint density at radius 1 is 1.06 bits per heavy atom. The first-order valence-corrected chi connectivity index (χ1v) is 11.7. The minimum absolute atomic E-state index is 0.113. The summed E-state index contributed by atoms with van der Waals surface area (Å²) in [7, 11) is 0. The first-order valence-electron chi connectivity index (χ1n) is 10.7. The standard InChI is InChI=1S/C25H23N3O3S/c29-23(26-21-12-5-8-17-7-1-2-10-19(17)21)16-32-24-20-11-3-4-13-22(20)28(25(30)27-24)15-18-9-6-14-31-18/h1-2,5-10,12,14H,3-4,11,13,15-16H2,(H,26,29). The Morgan fingerprint density at radius 3 is 2.78 bits per heavy atom. The number of aromatic nitrogens is 2. The van der Waals surface area contributed by atoms with Crippen molar-refractivity contribution in [1.82, 2.24) is 9.55 Å². The average molecular weight is 446 g/mol. The quantitative estimate of drug-likeness (QED) is 0.345. The van der Waals surface area contributed by atoms with Crippen molar-refractivity contribution in [2.24, 2.45) is 0 Å². The second-order valence-corrected chi connectivity index (χ2v) is 8.83. The third-order valence-electron chi connectivity index (χ3n) is 5.75. The van der Waals surface area contributed by atoms with Gasteiger partial charge in [-0.05, 0) is 49.3 Å². The maximum absolute atomic E-state index is 12.8. The molecule has 0 bridgehead atoms. The summed E-state index contributed by atoms with van der Waals surface area (Å²) in [6.07, 6.45) is 5.42. The van der Waals surface area contributed by atoms with E-state index in [1.54, 1.807) is 10.8 Å². The van der Waals surface area contributed by atoms with E-state index in [1.165, 1.54) is 11.8 Å². The summed E-state index contributed by atoms with van der Waals surface area (Å²) in [6.45, 7) is 0.383. The van der Waals surface area contributed by atoms with Crippen molar-refractivity contribution in [2.75, 3.05) is 11.1 Å². The zero-order valence-corrected chi connectivity index (χ0v) is 18.4. The van der Waals surface area contributed by atoms with E-state index in [0.29, 0.717) is 11.6 Å². The lowest BCUT2D eigenvalue weighted by molar-refractivity contribution is -0.113. The van der Waals surface area contributed by atoms with Gasteiger partial charge in [-0.2, -0.15) is 4.98 Å². The molecule has 6 nitrogen and oxygen atoms in total. The average Bonchev–Trinajstić information content (AvgIpc) is 3.33. The smallest absolute Gasteiger partial charge is 0.349 e. The molecule has 2 aromatic heterocycles. The SMILES string of the molecule is O=C(CSc1nc(=O)n(Cc2ccco2)c2c1CCCC2)Nc1cccc2ccccc12. The number of hydrogen-bond acceptors (Lipinski definition) is 5. The van der Waals surface area contributed by atoms with Gasteiger partial charge in [-0.1, -0.05) is 48.2 Å². The minimum atomic E-state index is -0.293. The number of nitrogens with zero attached hydrogens (tertiary/aromatic N) is 2. The fourth-order valence-corrected chi connectivity index (χ4v) is 5.12. The van der Waals surface area contributed by atoms with E-state index in [9.17, 15) is 9.59 Å². The van der Waals surface area contributed by atoms with E-state index >= 15 is 0 Å². The molecule has 0 fully saturated rings. The molecule has 0 atom stereocenters. The first-order chi connectivity index (χ1) is 15.7. The molecule has 2 aromatic carbocycles. The maximum Gasteiger partial charge on any atom is 0.349 e. The van der Waals surface area contributed by atoms with Crippen molar-refractivity contribution in [3.63, 3.8) is 0 Å². The Balaban J connectivity index is 1.35. The highest BCUT2D eigenvalue weighted by molar-refractivity contribution is 8.00. The van der Waals surface area contributed by atoms with Gasteiger partial charge in [-0.15, -0.1) is 0 Å². The van der Waals surface area contributed by atoms with Gasteiger partial charge >= 0.3 is 5.69 Å². The molecule has 0 unspecified atom stereocenters. The molecule has 1 aliphatic carbocycles. The van der Waals surface area contributed by atoms with Gasteiger partial charge in [0.25, 0.3) is 0 Å². The molecule has 7 heteroatoms. The Bertz CT molecular complexity index is 1320. The molecule has 0 aliphatic heterocycles. The van der Waals surface area contributed by atoms with Crippen LogP contribution in [-0.2, 0) is 24.2 Å². The summed E-state index contributed by atoms with van der Waals surface area (Å²) >= 11 is 1.34. The maximum atomic E-state index is 12.8. The third kappa shape index (κ3) is 4.21. The summed E-state index contributed by atoms with van der Waals surface area (Å²) in [5.74, 6) is 0.818. The van der Waals surface area contributed by atoms with E-state index in [-0.39, 0.29) is 17.3 Å². The molecular weight excluding hydrogens is 422 g/mol. The van der Waals surface area contributed by atoms with Gasteiger partial charge in [0.2, 0.25) is 5.91 Å². The van der Waals surface area contributed by atoms with Crippen LogP contribution in [0.1, 0.15) is 29.9 Å². The summed E-state index contributed by atoms with van der Waals surface area (Å²) < 4.78 is 7.15. The van der Waals surface area contributed by atoms with Crippen LogP contribution < -0.4 is 11.0 Å². The monoisotopic (exact) mass is 445 g/mol. The van der Waals surface area contributed by atoms with Gasteiger partial charge in [-0.25, -0.2) is 4.79 Å². The van der Waals surface area contributed by atoms with Gasteiger partial charge in [-0.3, -0.25) is 9.36 Å². The fraction of sp³-hybridized carbons (Fsp3) is 0.240. The lowest BCUT2D eigenvalue weighted by atomic mass is 9.97. The number of hydrogen-bond donors (Lipinski definition) is 1. The van der Waals surface area contributed by atoms with E-state index in [4.69, 9.17) is 4.42 Å². The number of nitrogens with one attached hydrogen (secondary N) is 1. The van der Waals surface area contributed by atoms with Crippen LogP contribution in [0.2, 0.25) is 0 Å². The fourth-order valence-electron chi connectivity index (χ4n) is 4.24. The molecule has 32 heavy (non-hydrogen) atoms.